The van der Waals surface area contributed by atoms with E-state index >= 15 is 0 Å². The Morgan fingerprint density at radius 2 is 1.91 bits per heavy atom. The third-order valence-corrected chi connectivity index (χ3v) is 3.06. The first-order valence-electron chi connectivity index (χ1n) is 4.60. The molecule has 1 aliphatic carbocycles. The maximum atomic E-state index is 5.62. The second-order valence-electron chi connectivity index (χ2n) is 3.77. The van der Waals surface area contributed by atoms with Crippen LogP contribution in [-0.2, 0) is 0 Å². The fourth-order valence-corrected chi connectivity index (χ4v) is 1.75. The maximum Gasteiger partial charge on any atom is -0.00489 e. The van der Waals surface area contributed by atoms with Gasteiger partial charge in [0.25, 0.3) is 0 Å². The molecule has 0 heterocycles. The van der Waals surface area contributed by atoms with Crippen LogP contribution in [0.4, 0.5) is 0 Å². The van der Waals surface area contributed by atoms with Gasteiger partial charge in [-0.3, -0.25) is 0 Å². The van der Waals surface area contributed by atoms with Crippen molar-refractivity contribution in [3.63, 3.8) is 0 Å². The van der Waals surface area contributed by atoms with Gasteiger partial charge in [-0.05, 0) is 37.1 Å². The minimum Gasteiger partial charge on any atom is -0.330 e. The SMILES string of the molecule is CC(CN)C(C)C1CC=CC1. The van der Waals surface area contributed by atoms with E-state index in [1.54, 1.807) is 0 Å². The molecular formula is C10H19N. The lowest BCUT2D eigenvalue weighted by Crippen LogP contribution is -2.23. The van der Waals surface area contributed by atoms with E-state index in [4.69, 9.17) is 5.73 Å². The molecule has 2 N–H and O–H groups in total. The molecule has 1 heteroatoms. The van der Waals surface area contributed by atoms with Gasteiger partial charge in [-0.25, -0.2) is 0 Å². The number of nitrogens with two attached hydrogens (primary N) is 1. The lowest BCUT2D eigenvalue weighted by Gasteiger charge is -2.24. The normalized spacial score (nSPS) is 23.9. The van der Waals surface area contributed by atoms with Crippen molar-refractivity contribution in [2.45, 2.75) is 26.7 Å². The van der Waals surface area contributed by atoms with Gasteiger partial charge in [0, 0.05) is 0 Å². The zero-order valence-electron chi connectivity index (χ0n) is 7.59. The van der Waals surface area contributed by atoms with E-state index in [1.165, 1.54) is 12.8 Å². The van der Waals surface area contributed by atoms with Gasteiger partial charge in [0.05, 0.1) is 0 Å². The molecule has 0 fully saturated rings. The van der Waals surface area contributed by atoms with Gasteiger partial charge < -0.3 is 5.73 Å². The zero-order chi connectivity index (χ0) is 8.27. The van der Waals surface area contributed by atoms with Crippen molar-refractivity contribution >= 4 is 0 Å². The molecule has 11 heavy (non-hydrogen) atoms. The molecule has 0 aromatic heterocycles. The third kappa shape index (κ3) is 2.06. The monoisotopic (exact) mass is 153 g/mol. The van der Waals surface area contributed by atoms with Crippen molar-refractivity contribution in [2.75, 3.05) is 6.54 Å². The molecule has 2 atom stereocenters. The van der Waals surface area contributed by atoms with Crippen LogP contribution < -0.4 is 5.73 Å². The molecule has 0 aromatic carbocycles. The lowest BCUT2D eigenvalue weighted by molar-refractivity contribution is 0.277. The highest BCUT2D eigenvalue weighted by Crippen LogP contribution is 2.30. The Kier molecular flexibility index (Phi) is 3.13. The predicted molar refractivity (Wildman–Crippen MR) is 49.2 cm³/mol. The summed E-state index contributed by atoms with van der Waals surface area (Å²) < 4.78 is 0. The summed E-state index contributed by atoms with van der Waals surface area (Å²) in [5.41, 5.74) is 5.62. The fourth-order valence-electron chi connectivity index (χ4n) is 1.75. The summed E-state index contributed by atoms with van der Waals surface area (Å²) >= 11 is 0. The van der Waals surface area contributed by atoms with E-state index in [-0.39, 0.29) is 0 Å². The first-order chi connectivity index (χ1) is 5.25. The smallest absolute Gasteiger partial charge is 0.00489 e. The van der Waals surface area contributed by atoms with Crippen molar-refractivity contribution < 1.29 is 0 Å². The van der Waals surface area contributed by atoms with Crippen LogP contribution >= 0.6 is 0 Å². The van der Waals surface area contributed by atoms with Crippen LogP contribution in [0.15, 0.2) is 12.2 Å². The van der Waals surface area contributed by atoms with Gasteiger partial charge in [-0.2, -0.15) is 0 Å². The lowest BCUT2D eigenvalue weighted by atomic mass is 9.83. The molecule has 0 amide bonds. The average Bonchev–Trinajstić information content (AvgIpc) is 2.53. The number of allylic oxidation sites excluding steroid dienone is 2. The third-order valence-electron chi connectivity index (χ3n) is 3.06. The van der Waals surface area contributed by atoms with Crippen LogP contribution in [0.1, 0.15) is 26.7 Å². The molecule has 0 spiro atoms. The summed E-state index contributed by atoms with van der Waals surface area (Å²) in [5, 5.41) is 0. The van der Waals surface area contributed by atoms with Crippen molar-refractivity contribution in [1.29, 1.82) is 0 Å². The van der Waals surface area contributed by atoms with E-state index < -0.39 is 0 Å². The number of hydrogen-bond acceptors (Lipinski definition) is 1. The van der Waals surface area contributed by atoms with E-state index in [1.807, 2.05) is 0 Å². The first-order valence-corrected chi connectivity index (χ1v) is 4.60. The summed E-state index contributed by atoms with van der Waals surface area (Å²) in [7, 11) is 0. The topological polar surface area (TPSA) is 26.0 Å². The molecule has 1 aliphatic rings. The predicted octanol–water partition coefficient (Wildman–Crippen LogP) is 2.18. The Morgan fingerprint density at radius 1 is 1.36 bits per heavy atom. The van der Waals surface area contributed by atoms with Crippen LogP contribution in [0.3, 0.4) is 0 Å². The molecule has 0 bridgehead atoms. The zero-order valence-corrected chi connectivity index (χ0v) is 7.59. The summed E-state index contributed by atoms with van der Waals surface area (Å²) in [6.07, 6.45) is 7.13. The summed E-state index contributed by atoms with van der Waals surface area (Å²) in [6, 6.07) is 0. The Morgan fingerprint density at radius 3 is 2.36 bits per heavy atom. The van der Waals surface area contributed by atoms with Crippen LogP contribution in [0.5, 0.6) is 0 Å². The van der Waals surface area contributed by atoms with Gasteiger partial charge in [0.2, 0.25) is 0 Å². The summed E-state index contributed by atoms with van der Waals surface area (Å²) in [5.74, 6) is 2.34. The molecule has 0 aromatic rings. The Bertz CT molecular complexity index is 132. The van der Waals surface area contributed by atoms with Crippen LogP contribution in [0.2, 0.25) is 0 Å². The number of rotatable bonds is 3. The van der Waals surface area contributed by atoms with E-state index in [9.17, 15) is 0 Å². The van der Waals surface area contributed by atoms with Gasteiger partial charge in [-0.15, -0.1) is 0 Å². The van der Waals surface area contributed by atoms with Gasteiger partial charge in [0.1, 0.15) is 0 Å². The van der Waals surface area contributed by atoms with Gasteiger partial charge >= 0.3 is 0 Å². The quantitative estimate of drug-likeness (QED) is 0.618. The molecule has 64 valence electrons. The largest absolute Gasteiger partial charge is 0.330 e. The molecule has 0 radical (unpaired) electrons. The van der Waals surface area contributed by atoms with E-state index in [2.05, 4.69) is 26.0 Å². The molecule has 0 saturated carbocycles. The van der Waals surface area contributed by atoms with Crippen LogP contribution in [-0.4, -0.2) is 6.54 Å². The van der Waals surface area contributed by atoms with Crippen LogP contribution in [0.25, 0.3) is 0 Å². The standard InChI is InChI=1S/C10H19N/c1-8(7-11)9(2)10-5-3-4-6-10/h3-4,8-10H,5-7,11H2,1-2H3. The maximum absolute atomic E-state index is 5.62. The Labute approximate surface area is 69.7 Å². The highest BCUT2D eigenvalue weighted by molar-refractivity contribution is 4.96. The molecule has 0 saturated heterocycles. The van der Waals surface area contributed by atoms with E-state index in [0.717, 1.165) is 18.4 Å². The van der Waals surface area contributed by atoms with Crippen molar-refractivity contribution in [3.05, 3.63) is 12.2 Å². The fraction of sp³-hybridized carbons (Fsp3) is 0.800. The minimum absolute atomic E-state index is 0.680. The van der Waals surface area contributed by atoms with Gasteiger partial charge in [0.15, 0.2) is 0 Å². The highest BCUT2D eigenvalue weighted by atomic mass is 14.5. The van der Waals surface area contributed by atoms with Gasteiger partial charge in [-0.1, -0.05) is 26.0 Å². The Hall–Kier alpha value is -0.300. The summed E-state index contributed by atoms with van der Waals surface area (Å²) in [4.78, 5) is 0. The van der Waals surface area contributed by atoms with Crippen molar-refractivity contribution in [1.82, 2.24) is 0 Å². The van der Waals surface area contributed by atoms with Crippen LogP contribution in [0, 0.1) is 17.8 Å². The average molecular weight is 153 g/mol. The van der Waals surface area contributed by atoms with Crippen molar-refractivity contribution in [3.8, 4) is 0 Å². The Balaban J connectivity index is 2.34. The molecular weight excluding hydrogens is 134 g/mol. The first kappa shape index (κ1) is 8.79. The van der Waals surface area contributed by atoms with Crippen molar-refractivity contribution in [2.24, 2.45) is 23.5 Å². The summed E-state index contributed by atoms with van der Waals surface area (Å²) in [6.45, 7) is 5.41. The highest BCUT2D eigenvalue weighted by Gasteiger charge is 2.21. The molecule has 2 unspecified atom stereocenters. The van der Waals surface area contributed by atoms with E-state index in [0.29, 0.717) is 5.92 Å². The second kappa shape index (κ2) is 3.91. The molecule has 1 rings (SSSR count). The molecule has 1 nitrogen and oxygen atoms in total. The number of hydrogen-bond donors (Lipinski definition) is 1. The second-order valence-corrected chi connectivity index (χ2v) is 3.77. The molecule has 0 aliphatic heterocycles. The minimum atomic E-state index is 0.680.